The van der Waals surface area contributed by atoms with Crippen molar-refractivity contribution < 1.29 is 14.6 Å². The van der Waals surface area contributed by atoms with E-state index in [4.69, 9.17) is 9.84 Å². The number of aliphatic hydroxyl groups is 1. The summed E-state index contributed by atoms with van der Waals surface area (Å²) in [5.41, 5.74) is 3.11. The molecular formula is C19H12Br2N2O3. The molecule has 2 aromatic carbocycles. The summed E-state index contributed by atoms with van der Waals surface area (Å²) < 4.78 is 8.32. The number of cyclic esters (lactones) is 1. The van der Waals surface area contributed by atoms with Crippen molar-refractivity contribution in [3.05, 3.63) is 81.1 Å². The van der Waals surface area contributed by atoms with Crippen LogP contribution in [-0.2, 0) is 9.53 Å². The van der Waals surface area contributed by atoms with Crippen molar-refractivity contribution in [2.45, 2.75) is 6.10 Å². The van der Waals surface area contributed by atoms with E-state index < -0.39 is 17.8 Å². The van der Waals surface area contributed by atoms with Crippen molar-refractivity contribution in [1.29, 1.82) is 0 Å². The molecular weight excluding hydrogens is 464 g/mol. The molecule has 0 bridgehead atoms. The Morgan fingerprint density at radius 1 is 1.04 bits per heavy atom. The highest BCUT2D eigenvalue weighted by atomic mass is 79.9. The lowest BCUT2D eigenvalue weighted by molar-refractivity contribution is -0.142. The molecule has 1 unspecified atom stereocenters. The van der Waals surface area contributed by atoms with Crippen LogP contribution in [-0.4, -0.2) is 20.9 Å². The minimum Gasteiger partial charge on any atom is -0.501 e. The van der Waals surface area contributed by atoms with Gasteiger partial charge in [0.05, 0.1) is 10.2 Å². The number of hydrogen-bond acceptors (Lipinski definition) is 4. The zero-order valence-electron chi connectivity index (χ0n) is 13.3. The number of carbonyl (C=O) groups excluding carboxylic acids is 1. The number of rotatable bonds is 3. The second-order valence-electron chi connectivity index (χ2n) is 5.70. The van der Waals surface area contributed by atoms with E-state index in [0.29, 0.717) is 15.7 Å². The van der Waals surface area contributed by atoms with Crippen molar-refractivity contribution in [3.63, 3.8) is 0 Å². The third-order valence-electron chi connectivity index (χ3n) is 4.04. The van der Waals surface area contributed by atoms with Crippen LogP contribution in [0.25, 0.3) is 16.9 Å². The Hall–Kier alpha value is -2.38. The van der Waals surface area contributed by atoms with Gasteiger partial charge in [0.15, 0.2) is 6.10 Å². The predicted molar refractivity (Wildman–Crippen MR) is 104 cm³/mol. The summed E-state index contributed by atoms with van der Waals surface area (Å²) in [6.07, 6.45) is 1.07. The summed E-state index contributed by atoms with van der Waals surface area (Å²) in [4.78, 5) is 11.7. The molecule has 1 aromatic heterocycles. The fourth-order valence-electron chi connectivity index (χ4n) is 2.76. The first-order valence-electron chi connectivity index (χ1n) is 7.75. The zero-order chi connectivity index (χ0) is 18.3. The van der Waals surface area contributed by atoms with E-state index in [9.17, 15) is 9.90 Å². The lowest BCUT2D eigenvalue weighted by atomic mass is 10.0. The highest BCUT2D eigenvalue weighted by Gasteiger charge is 2.36. The zero-order valence-corrected chi connectivity index (χ0v) is 16.4. The average molecular weight is 476 g/mol. The maximum absolute atomic E-state index is 11.7. The van der Waals surface area contributed by atoms with E-state index in [2.05, 4.69) is 31.9 Å². The largest absolute Gasteiger partial charge is 0.501 e. The van der Waals surface area contributed by atoms with Crippen molar-refractivity contribution in [2.24, 2.45) is 0 Å². The third kappa shape index (κ3) is 2.97. The normalized spacial score (nSPS) is 16.8. The maximum atomic E-state index is 11.7. The van der Waals surface area contributed by atoms with Gasteiger partial charge in [0, 0.05) is 21.8 Å². The quantitative estimate of drug-likeness (QED) is 0.537. The smallest absolute Gasteiger partial charge is 0.375 e. The van der Waals surface area contributed by atoms with Crippen LogP contribution in [0.15, 0.2) is 75.5 Å². The third-order valence-corrected chi connectivity index (χ3v) is 5.36. The highest BCUT2D eigenvalue weighted by Crippen LogP contribution is 2.42. The van der Waals surface area contributed by atoms with E-state index in [1.165, 1.54) is 0 Å². The minimum atomic E-state index is -0.754. The van der Waals surface area contributed by atoms with E-state index >= 15 is 0 Å². The van der Waals surface area contributed by atoms with Crippen LogP contribution in [0.2, 0.25) is 0 Å². The molecule has 0 amide bonds. The first-order chi connectivity index (χ1) is 12.5. The van der Waals surface area contributed by atoms with Gasteiger partial charge >= 0.3 is 5.97 Å². The van der Waals surface area contributed by atoms with Gasteiger partial charge in [-0.05, 0) is 40.2 Å². The molecule has 0 radical (unpaired) electrons. The van der Waals surface area contributed by atoms with Gasteiger partial charge in [0.2, 0.25) is 5.76 Å². The number of carbonyl (C=O) groups is 1. The van der Waals surface area contributed by atoms with Gasteiger partial charge in [-0.1, -0.05) is 46.3 Å². The van der Waals surface area contributed by atoms with Gasteiger partial charge in [-0.2, -0.15) is 5.10 Å². The Balaban J connectivity index is 1.88. The Morgan fingerprint density at radius 3 is 2.35 bits per heavy atom. The number of halogens is 2. The molecule has 0 saturated heterocycles. The molecule has 1 aliphatic heterocycles. The Morgan fingerprint density at radius 2 is 1.73 bits per heavy atom. The number of aromatic nitrogens is 2. The topological polar surface area (TPSA) is 64.4 Å². The van der Waals surface area contributed by atoms with Crippen LogP contribution in [0.5, 0.6) is 0 Å². The first kappa shape index (κ1) is 17.1. The van der Waals surface area contributed by atoms with Crippen molar-refractivity contribution in [2.75, 3.05) is 0 Å². The number of ether oxygens (including phenoxy) is 1. The monoisotopic (exact) mass is 474 g/mol. The van der Waals surface area contributed by atoms with Crippen molar-refractivity contribution in [3.8, 4) is 16.9 Å². The standard InChI is InChI=1S/C19H12Br2N2O3/c20-12-8-6-11(7-9-12)16-14(18-15(21)17(24)19(25)26-18)10-23(22-16)13-4-2-1-3-5-13/h1-10,18,24H. The lowest BCUT2D eigenvalue weighted by Crippen LogP contribution is -2.03. The number of aliphatic hydroxyl groups excluding tert-OH is 1. The molecule has 0 fully saturated rings. The van der Waals surface area contributed by atoms with Crippen LogP contribution in [0.1, 0.15) is 11.7 Å². The molecule has 130 valence electrons. The van der Waals surface area contributed by atoms with Gasteiger partial charge in [0.25, 0.3) is 0 Å². The van der Waals surface area contributed by atoms with E-state index in [1.54, 1.807) is 4.68 Å². The summed E-state index contributed by atoms with van der Waals surface area (Å²) in [5, 5.41) is 14.5. The molecule has 0 aliphatic carbocycles. The highest BCUT2D eigenvalue weighted by molar-refractivity contribution is 9.11. The number of esters is 1. The van der Waals surface area contributed by atoms with Gasteiger partial charge in [-0.15, -0.1) is 0 Å². The van der Waals surface area contributed by atoms with E-state index in [0.717, 1.165) is 15.7 Å². The molecule has 1 aliphatic rings. The molecule has 1 N–H and O–H groups in total. The van der Waals surface area contributed by atoms with Crippen LogP contribution >= 0.6 is 31.9 Å². The number of para-hydroxylation sites is 1. The molecule has 0 saturated carbocycles. The molecule has 26 heavy (non-hydrogen) atoms. The maximum Gasteiger partial charge on any atom is 0.375 e. The second-order valence-corrected chi connectivity index (χ2v) is 7.47. The van der Waals surface area contributed by atoms with Crippen LogP contribution in [0.4, 0.5) is 0 Å². The molecule has 4 rings (SSSR count). The van der Waals surface area contributed by atoms with Crippen LogP contribution in [0.3, 0.4) is 0 Å². The average Bonchev–Trinajstić information content (AvgIpc) is 3.20. The van der Waals surface area contributed by atoms with Crippen molar-refractivity contribution in [1.82, 2.24) is 9.78 Å². The lowest BCUT2D eigenvalue weighted by Gasteiger charge is -2.10. The minimum absolute atomic E-state index is 0.300. The molecule has 2 heterocycles. The van der Waals surface area contributed by atoms with Gasteiger partial charge in [-0.3, -0.25) is 0 Å². The van der Waals surface area contributed by atoms with Gasteiger partial charge in [-0.25, -0.2) is 9.48 Å². The van der Waals surface area contributed by atoms with Gasteiger partial charge < -0.3 is 9.84 Å². The van der Waals surface area contributed by atoms with E-state index in [-0.39, 0.29) is 0 Å². The summed E-state index contributed by atoms with van der Waals surface area (Å²) in [6, 6.07) is 17.3. The Kier molecular flexibility index (Phi) is 4.42. The molecule has 5 nitrogen and oxygen atoms in total. The molecule has 7 heteroatoms. The van der Waals surface area contributed by atoms with Crippen LogP contribution < -0.4 is 0 Å². The second kappa shape index (κ2) is 6.74. The number of nitrogens with zero attached hydrogens (tertiary/aromatic N) is 2. The van der Waals surface area contributed by atoms with Crippen LogP contribution in [0, 0.1) is 0 Å². The Bertz CT molecular complexity index is 1010. The summed E-state index contributed by atoms with van der Waals surface area (Å²) >= 11 is 6.70. The number of benzene rings is 2. The molecule has 1 atom stereocenters. The molecule has 0 spiro atoms. The fourth-order valence-corrected chi connectivity index (χ4v) is 3.53. The summed E-state index contributed by atoms with van der Waals surface area (Å²) in [5.74, 6) is -1.17. The summed E-state index contributed by atoms with van der Waals surface area (Å²) in [6.45, 7) is 0. The Labute approximate surface area is 166 Å². The van der Waals surface area contributed by atoms with Crippen molar-refractivity contribution >= 4 is 37.8 Å². The van der Waals surface area contributed by atoms with Gasteiger partial charge in [0.1, 0.15) is 5.69 Å². The first-order valence-corrected chi connectivity index (χ1v) is 9.34. The molecule has 3 aromatic rings. The predicted octanol–water partition coefficient (Wildman–Crippen LogP) is 5.06. The number of hydrogen-bond donors (Lipinski definition) is 1. The SMILES string of the molecule is O=C1OC(c2cn(-c3ccccc3)nc2-c2ccc(Br)cc2)C(Br)=C1O. The summed E-state index contributed by atoms with van der Waals surface area (Å²) in [7, 11) is 0. The van der Waals surface area contributed by atoms with E-state index in [1.807, 2.05) is 60.8 Å². The fraction of sp³-hybridized carbons (Fsp3) is 0.0526.